The zero-order valence-electron chi connectivity index (χ0n) is 13.7. The molecule has 3 rings (SSSR count). The molecule has 1 amide bonds. The minimum absolute atomic E-state index is 0.0337. The summed E-state index contributed by atoms with van der Waals surface area (Å²) >= 11 is 1.44. The highest BCUT2D eigenvalue weighted by atomic mass is 32.2. The number of aryl methyl sites for hydroxylation is 2. The van der Waals surface area contributed by atoms with Gasteiger partial charge in [0.2, 0.25) is 5.91 Å². The van der Waals surface area contributed by atoms with Gasteiger partial charge in [0, 0.05) is 11.1 Å². The molecule has 3 aromatic rings. The van der Waals surface area contributed by atoms with Crippen molar-refractivity contribution in [2.45, 2.75) is 25.3 Å². The van der Waals surface area contributed by atoms with E-state index in [1.807, 2.05) is 49.4 Å². The Morgan fingerprint density at radius 3 is 2.79 bits per heavy atom. The number of carbonyl (C=O) groups is 1. The first-order valence-electron chi connectivity index (χ1n) is 7.90. The Balaban J connectivity index is 1.70. The number of hydrogen-bond donors (Lipinski definition) is 1. The Hall–Kier alpha value is -2.40. The molecule has 1 heterocycles. The van der Waals surface area contributed by atoms with Crippen LogP contribution in [0.2, 0.25) is 0 Å². The number of benzene rings is 2. The van der Waals surface area contributed by atoms with Gasteiger partial charge in [0.25, 0.3) is 0 Å². The maximum absolute atomic E-state index is 12.2. The lowest BCUT2D eigenvalue weighted by molar-refractivity contribution is -0.113. The molecule has 5 heteroatoms. The predicted molar refractivity (Wildman–Crippen MR) is 99.4 cm³/mol. The van der Waals surface area contributed by atoms with E-state index in [2.05, 4.69) is 28.3 Å². The first-order valence-corrected chi connectivity index (χ1v) is 8.89. The number of carbonyl (C=O) groups excluding carboxylic acids is 1. The molecule has 1 aromatic heterocycles. The maximum atomic E-state index is 12.2. The number of amides is 1. The topological polar surface area (TPSA) is 54.9 Å². The molecule has 0 unspecified atom stereocenters. The predicted octanol–water partition coefficient (Wildman–Crippen LogP) is 4.23. The normalized spacial score (nSPS) is 10.8. The van der Waals surface area contributed by atoms with Crippen LogP contribution in [0.4, 0.5) is 5.69 Å². The summed E-state index contributed by atoms with van der Waals surface area (Å²) in [6.45, 7) is 3.96. The molecule has 1 N–H and O–H groups in total. The average molecular weight is 337 g/mol. The number of aromatic nitrogens is 2. The van der Waals surface area contributed by atoms with E-state index in [1.54, 1.807) is 0 Å². The molecule has 2 aromatic carbocycles. The second kappa shape index (κ2) is 7.45. The van der Waals surface area contributed by atoms with E-state index in [-0.39, 0.29) is 5.91 Å². The zero-order chi connectivity index (χ0) is 16.9. The molecule has 24 heavy (non-hydrogen) atoms. The van der Waals surface area contributed by atoms with Crippen molar-refractivity contribution in [2.24, 2.45) is 0 Å². The van der Waals surface area contributed by atoms with Crippen molar-refractivity contribution in [3.8, 4) is 0 Å². The highest BCUT2D eigenvalue weighted by molar-refractivity contribution is 8.00. The van der Waals surface area contributed by atoms with Crippen LogP contribution >= 0.6 is 11.8 Å². The molecule has 0 spiro atoms. The smallest absolute Gasteiger partial charge is 0.234 e. The quantitative estimate of drug-likeness (QED) is 0.559. The SMILES string of the molecule is CCc1cccc(NC(=O)CSc2nc(C)nc3ccccc23)c1. The lowest BCUT2D eigenvalue weighted by atomic mass is 10.1. The van der Waals surface area contributed by atoms with Gasteiger partial charge in [0.05, 0.1) is 11.3 Å². The highest BCUT2D eigenvalue weighted by Gasteiger charge is 2.09. The molecule has 0 atom stereocenters. The summed E-state index contributed by atoms with van der Waals surface area (Å²) in [5, 5.41) is 4.77. The Labute approximate surface area is 145 Å². The van der Waals surface area contributed by atoms with Gasteiger partial charge >= 0.3 is 0 Å². The maximum Gasteiger partial charge on any atom is 0.234 e. The van der Waals surface area contributed by atoms with E-state index in [4.69, 9.17) is 0 Å². The highest BCUT2D eigenvalue weighted by Crippen LogP contribution is 2.25. The molecular formula is C19H19N3OS. The molecule has 0 bridgehead atoms. The van der Waals surface area contributed by atoms with Gasteiger partial charge in [-0.3, -0.25) is 4.79 Å². The van der Waals surface area contributed by atoms with Crippen LogP contribution in [-0.4, -0.2) is 21.6 Å². The number of anilines is 1. The summed E-state index contributed by atoms with van der Waals surface area (Å²) in [7, 11) is 0. The molecule has 0 aliphatic heterocycles. The monoisotopic (exact) mass is 337 g/mol. The number of thioether (sulfide) groups is 1. The third kappa shape index (κ3) is 3.92. The first kappa shape index (κ1) is 16.5. The van der Waals surface area contributed by atoms with Gasteiger partial charge in [-0.05, 0) is 37.1 Å². The van der Waals surface area contributed by atoms with Crippen LogP contribution in [0.3, 0.4) is 0 Å². The number of hydrogen-bond acceptors (Lipinski definition) is 4. The van der Waals surface area contributed by atoms with E-state index in [0.717, 1.165) is 28.0 Å². The zero-order valence-corrected chi connectivity index (χ0v) is 14.6. The van der Waals surface area contributed by atoms with Gasteiger partial charge in [0.1, 0.15) is 10.9 Å². The van der Waals surface area contributed by atoms with E-state index in [1.165, 1.54) is 17.3 Å². The van der Waals surface area contributed by atoms with Gasteiger partial charge in [-0.1, -0.05) is 49.0 Å². The van der Waals surface area contributed by atoms with Crippen molar-refractivity contribution in [2.75, 3.05) is 11.1 Å². The largest absolute Gasteiger partial charge is 0.325 e. The number of rotatable bonds is 5. The number of para-hydroxylation sites is 1. The molecule has 0 aliphatic rings. The average Bonchev–Trinajstić information content (AvgIpc) is 2.59. The third-order valence-electron chi connectivity index (χ3n) is 3.64. The van der Waals surface area contributed by atoms with Gasteiger partial charge in [-0.25, -0.2) is 9.97 Å². The summed E-state index contributed by atoms with van der Waals surface area (Å²) < 4.78 is 0. The molecule has 0 fully saturated rings. The van der Waals surface area contributed by atoms with Crippen molar-refractivity contribution in [3.63, 3.8) is 0 Å². The lowest BCUT2D eigenvalue weighted by Crippen LogP contribution is -2.14. The van der Waals surface area contributed by atoms with Crippen LogP contribution in [0.1, 0.15) is 18.3 Å². The fourth-order valence-corrected chi connectivity index (χ4v) is 3.33. The molecule has 0 aliphatic carbocycles. The number of fused-ring (bicyclic) bond motifs is 1. The van der Waals surface area contributed by atoms with E-state index >= 15 is 0 Å². The van der Waals surface area contributed by atoms with Crippen molar-refractivity contribution >= 4 is 34.3 Å². The molecule has 122 valence electrons. The van der Waals surface area contributed by atoms with E-state index < -0.39 is 0 Å². The molecule has 0 radical (unpaired) electrons. The van der Waals surface area contributed by atoms with E-state index in [0.29, 0.717) is 11.6 Å². The fourth-order valence-electron chi connectivity index (χ4n) is 2.47. The van der Waals surface area contributed by atoms with Crippen LogP contribution in [0, 0.1) is 6.92 Å². The molecule has 0 saturated heterocycles. The minimum Gasteiger partial charge on any atom is -0.325 e. The van der Waals surface area contributed by atoms with Crippen LogP contribution in [0.5, 0.6) is 0 Å². The second-order valence-electron chi connectivity index (χ2n) is 5.48. The number of nitrogens with zero attached hydrogens (tertiary/aromatic N) is 2. The summed E-state index contributed by atoms with van der Waals surface area (Å²) in [6.07, 6.45) is 0.949. The Kier molecular flexibility index (Phi) is 5.11. The second-order valence-corrected chi connectivity index (χ2v) is 6.45. The summed E-state index contributed by atoms with van der Waals surface area (Å²) in [6, 6.07) is 15.8. The fraction of sp³-hybridized carbons (Fsp3) is 0.211. The molecule has 0 saturated carbocycles. The van der Waals surface area contributed by atoms with Gasteiger partial charge < -0.3 is 5.32 Å². The molecule has 4 nitrogen and oxygen atoms in total. The van der Waals surface area contributed by atoms with Gasteiger partial charge in [-0.15, -0.1) is 0 Å². The number of nitrogens with one attached hydrogen (secondary N) is 1. The molecular weight excluding hydrogens is 318 g/mol. The van der Waals surface area contributed by atoms with E-state index in [9.17, 15) is 4.79 Å². The Morgan fingerprint density at radius 2 is 1.96 bits per heavy atom. The Morgan fingerprint density at radius 1 is 1.12 bits per heavy atom. The van der Waals surface area contributed by atoms with Crippen molar-refractivity contribution in [1.82, 2.24) is 9.97 Å². The van der Waals surface area contributed by atoms with Crippen LogP contribution in [0.15, 0.2) is 53.6 Å². The van der Waals surface area contributed by atoms with Crippen LogP contribution < -0.4 is 5.32 Å². The van der Waals surface area contributed by atoms with Crippen molar-refractivity contribution in [1.29, 1.82) is 0 Å². The summed E-state index contributed by atoms with van der Waals surface area (Å²) in [5.74, 6) is 0.998. The minimum atomic E-state index is -0.0337. The van der Waals surface area contributed by atoms with Gasteiger partial charge in [-0.2, -0.15) is 0 Å². The standard InChI is InChI=1S/C19H19N3OS/c1-3-14-7-6-8-15(11-14)22-18(23)12-24-19-16-9-4-5-10-17(16)20-13(2)21-19/h4-11H,3,12H2,1-2H3,(H,22,23). The van der Waals surface area contributed by atoms with Gasteiger partial charge in [0.15, 0.2) is 0 Å². The van der Waals surface area contributed by atoms with Crippen LogP contribution in [-0.2, 0) is 11.2 Å². The summed E-state index contributed by atoms with van der Waals surface area (Å²) in [5.41, 5.74) is 2.95. The Bertz CT molecular complexity index is 879. The lowest BCUT2D eigenvalue weighted by Gasteiger charge is -2.08. The van der Waals surface area contributed by atoms with Crippen molar-refractivity contribution < 1.29 is 4.79 Å². The first-order chi connectivity index (χ1) is 11.7. The van der Waals surface area contributed by atoms with Crippen molar-refractivity contribution in [3.05, 3.63) is 59.9 Å². The van der Waals surface area contributed by atoms with Crippen LogP contribution in [0.25, 0.3) is 10.9 Å². The third-order valence-corrected chi connectivity index (χ3v) is 4.63. The summed E-state index contributed by atoms with van der Waals surface area (Å²) in [4.78, 5) is 21.1.